The largest absolute Gasteiger partial charge is 0.480 e. The minimum absolute atomic E-state index is 0.303. The summed E-state index contributed by atoms with van der Waals surface area (Å²) in [5.41, 5.74) is 2.34. The lowest BCUT2D eigenvalue weighted by molar-refractivity contribution is -0.142. The van der Waals surface area contributed by atoms with Gasteiger partial charge in [-0.05, 0) is 17.2 Å². The van der Waals surface area contributed by atoms with Crippen LogP contribution in [0.15, 0.2) is 47.3 Å². The highest BCUT2D eigenvalue weighted by Crippen LogP contribution is 2.25. The molecule has 0 spiro atoms. The number of hydrogen-bond donors (Lipinski definition) is 1. The van der Waals surface area contributed by atoms with E-state index in [-0.39, 0.29) is 5.91 Å². The van der Waals surface area contributed by atoms with E-state index in [9.17, 15) is 14.7 Å². The van der Waals surface area contributed by atoms with Crippen LogP contribution in [0.1, 0.15) is 21.5 Å². The molecule has 0 aliphatic carbocycles. The monoisotopic (exact) mass is 271 g/mol. The second-order valence-corrected chi connectivity index (χ2v) is 4.77. The fourth-order valence-electron chi connectivity index (χ4n) is 2.51. The van der Waals surface area contributed by atoms with Crippen LogP contribution in [0, 0.1) is 0 Å². The van der Waals surface area contributed by atoms with Crippen molar-refractivity contribution >= 4 is 11.9 Å². The summed E-state index contributed by atoms with van der Waals surface area (Å²) < 4.78 is 4.90. The van der Waals surface area contributed by atoms with Crippen LogP contribution in [0.2, 0.25) is 0 Å². The van der Waals surface area contributed by atoms with Gasteiger partial charge in [0.1, 0.15) is 12.3 Å². The molecule has 1 aliphatic rings. The lowest BCUT2D eigenvalue weighted by Gasteiger charge is -2.34. The summed E-state index contributed by atoms with van der Waals surface area (Å²) in [7, 11) is 0. The third-order valence-electron chi connectivity index (χ3n) is 3.56. The Hall–Kier alpha value is -2.56. The number of hydrogen-bond acceptors (Lipinski definition) is 3. The first-order valence-electron chi connectivity index (χ1n) is 6.29. The van der Waals surface area contributed by atoms with Gasteiger partial charge in [-0.1, -0.05) is 24.3 Å². The van der Waals surface area contributed by atoms with Crippen molar-refractivity contribution in [2.24, 2.45) is 0 Å². The summed E-state index contributed by atoms with van der Waals surface area (Å²) in [6.45, 7) is 0.303. The quantitative estimate of drug-likeness (QED) is 0.906. The number of amides is 1. The second kappa shape index (κ2) is 4.85. The van der Waals surface area contributed by atoms with Crippen molar-refractivity contribution in [2.75, 3.05) is 0 Å². The van der Waals surface area contributed by atoms with E-state index in [0.29, 0.717) is 18.5 Å². The molecule has 3 rings (SSSR count). The average molecular weight is 271 g/mol. The predicted molar refractivity (Wildman–Crippen MR) is 70.2 cm³/mol. The van der Waals surface area contributed by atoms with E-state index in [0.717, 1.165) is 11.1 Å². The molecule has 20 heavy (non-hydrogen) atoms. The van der Waals surface area contributed by atoms with Crippen molar-refractivity contribution < 1.29 is 19.1 Å². The van der Waals surface area contributed by atoms with Crippen LogP contribution in [0.3, 0.4) is 0 Å². The Balaban J connectivity index is 1.96. The predicted octanol–water partition coefficient (Wildman–Crippen LogP) is 1.93. The minimum Gasteiger partial charge on any atom is -0.480 e. The number of nitrogens with zero attached hydrogens (tertiary/aromatic N) is 1. The summed E-state index contributed by atoms with van der Waals surface area (Å²) in [4.78, 5) is 25.2. The number of rotatable bonds is 2. The number of carboxylic acids is 1. The molecule has 0 fully saturated rings. The molecule has 1 aliphatic heterocycles. The maximum Gasteiger partial charge on any atom is 0.326 e. The van der Waals surface area contributed by atoms with Crippen molar-refractivity contribution in [3.8, 4) is 0 Å². The molecule has 0 saturated carbocycles. The molecule has 1 N–H and O–H groups in total. The molecule has 0 unspecified atom stereocenters. The van der Waals surface area contributed by atoms with Gasteiger partial charge in [0, 0.05) is 13.0 Å². The van der Waals surface area contributed by atoms with Gasteiger partial charge in [0.15, 0.2) is 0 Å². The number of carbonyl (C=O) groups excluding carboxylic acids is 1. The topological polar surface area (TPSA) is 70.8 Å². The van der Waals surface area contributed by atoms with Gasteiger partial charge in [0.2, 0.25) is 0 Å². The van der Waals surface area contributed by atoms with Crippen LogP contribution < -0.4 is 0 Å². The molecular formula is C15H13NO4. The van der Waals surface area contributed by atoms with Gasteiger partial charge in [-0.3, -0.25) is 4.79 Å². The highest BCUT2D eigenvalue weighted by atomic mass is 16.4. The normalized spacial score (nSPS) is 17.6. The highest BCUT2D eigenvalue weighted by Gasteiger charge is 2.35. The fourth-order valence-corrected chi connectivity index (χ4v) is 2.51. The number of furan rings is 1. The minimum atomic E-state index is -0.989. The standard InChI is InChI=1S/C15H13NO4/c17-14(12-5-6-20-9-12)16-8-11-4-2-1-3-10(11)7-13(16)15(18)19/h1-6,9,13H,7-8H2,(H,18,19)/t13-/m0/s1. The summed E-state index contributed by atoms with van der Waals surface area (Å²) in [5, 5.41) is 9.36. The Morgan fingerprint density at radius 3 is 2.60 bits per heavy atom. The third kappa shape index (κ3) is 2.07. The van der Waals surface area contributed by atoms with Crippen molar-refractivity contribution in [1.82, 2.24) is 4.90 Å². The molecule has 1 atom stereocenters. The Kier molecular flexibility index (Phi) is 3.02. The summed E-state index contributed by atoms with van der Waals surface area (Å²) in [5.74, 6) is -1.31. The van der Waals surface area contributed by atoms with Gasteiger partial charge >= 0.3 is 5.97 Å². The number of benzene rings is 1. The van der Waals surface area contributed by atoms with Crippen LogP contribution in [0.4, 0.5) is 0 Å². The molecule has 2 aromatic rings. The van der Waals surface area contributed by atoms with Crippen molar-refractivity contribution in [3.05, 3.63) is 59.5 Å². The zero-order valence-electron chi connectivity index (χ0n) is 10.7. The molecular weight excluding hydrogens is 258 g/mol. The second-order valence-electron chi connectivity index (χ2n) is 4.77. The first-order valence-corrected chi connectivity index (χ1v) is 6.29. The molecule has 2 heterocycles. The maximum atomic E-state index is 12.4. The first kappa shape index (κ1) is 12.5. The third-order valence-corrected chi connectivity index (χ3v) is 3.56. The highest BCUT2D eigenvalue weighted by molar-refractivity contribution is 5.96. The van der Waals surface area contributed by atoms with Gasteiger partial charge in [0.25, 0.3) is 5.91 Å². The Morgan fingerprint density at radius 1 is 1.20 bits per heavy atom. The maximum absolute atomic E-state index is 12.4. The molecule has 5 heteroatoms. The molecule has 5 nitrogen and oxygen atoms in total. The number of carboxylic acid groups (broad SMARTS) is 1. The van der Waals surface area contributed by atoms with Crippen molar-refractivity contribution in [2.45, 2.75) is 19.0 Å². The van der Waals surface area contributed by atoms with Crippen LogP contribution in [-0.4, -0.2) is 27.9 Å². The summed E-state index contributed by atoms with van der Waals surface area (Å²) >= 11 is 0. The van der Waals surface area contributed by atoms with Gasteiger partial charge in [-0.15, -0.1) is 0 Å². The lowest BCUT2D eigenvalue weighted by Crippen LogP contribution is -2.48. The molecule has 0 radical (unpaired) electrons. The number of aliphatic carboxylic acids is 1. The smallest absolute Gasteiger partial charge is 0.326 e. The van der Waals surface area contributed by atoms with Gasteiger partial charge in [0.05, 0.1) is 11.8 Å². The van der Waals surface area contributed by atoms with E-state index in [2.05, 4.69) is 0 Å². The van der Waals surface area contributed by atoms with Crippen molar-refractivity contribution in [3.63, 3.8) is 0 Å². The zero-order chi connectivity index (χ0) is 14.1. The van der Waals surface area contributed by atoms with Gasteiger partial charge in [-0.25, -0.2) is 4.79 Å². The van der Waals surface area contributed by atoms with E-state index >= 15 is 0 Å². The zero-order valence-corrected chi connectivity index (χ0v) is 10.7. The SMILES string of the molecule is O=C(O)[C@@H]1Cc2ccccc2CN1C(=O)c1ccoc1. The average Bonchev–Trinajstić information content (AvgIpc) is 2.99. The van der Waals surface area contributed by atoms with E-state index in [1.54, 1.807) is 6.07 Å². The van der Waals surface area contributed by atoms with Crippen LogP contribution in [0.25, 0.3) is 0 Å². The molecule has 1 amide bonds. The molecule has 0 saturated heterocycles. The van der Waals surface area contributed by atoms with E-state index in [4.69, 9.17) is 4.42 Å². The Bertz CT molecular complexity index is 648. The Morgan fingerprint density at radius 2 is 1.95 bits per heavy atom. The number of fused-ring (bicyclic) bond motifs is 1. The molecule has 102 valence electrons. The van der Waals surface area contributed by atoms with Crippen LogP contribution >= 0.6 is 0 Å². The fraction of sp³-hybridized carbons (Fsp3) is 0.200. The molecule has 1 aromatic carbocycles. The van der Waals surface area contributed by atoms with E-state index in [1.165, 1.54) is 17.4 Å². The lowest BCUT2D eigenvalue weighted by atomic mass is 9.93. The Labute approximate surface area is 115 Å². The molecule has 0 bridgehead atoms. The van der Waals surface area contributed by atoms with Crippen LogP contribution in [0.5, 0.6) is 0 Å². The summed E-state index contributed by atoms with van der Waals surface area (Å²) in [6.07, 6.45) is 3.07. The number of carbonyl (C=O) groups is 2. The van der Waals surface area contributed by atoms with Crippen LogP contribution in [-0.2, 0) is 17.8 Å². The van der Waals surface area contributed by atoms with Gasteiger partial charge in [-0.2, -0.15) is 0 Å². The van der Waals surface area contributed by atoms with E-state index < -0.39 is 12.0 Å². The van der Waals surface area contributed by atoms with E-state index in [1.807, 2.05) is 24.3 Å². The van der Waals surface area contributed by atoms with Gasteiger partial charge < -0.3 is 14.4 Å². The molecule has 1 aromatic heterocycles. The first-order chi connectivity index (χ1) is 9.66. The van der Waals surface area contributed by atoms with Crippen molar-refractivity contribution in [1.29, 1.82) is 0 Å². The summed E-state index contributed by atoms with van der Waals surface area (Å²) in [6, 6.07) is 8.30.